The molecule has 20 heavy (non-hydrogen) atoms. The van der Waals surface area contributed by atoms with E-state index < -0.39 is 0 Å². The molecule has 0 aromatic carbocycles. The molecule has 2 rings (SSSR count). The molecule has 2 amide bonds. The van der Waals surface area contributed by atoms with Gasteiger partial charge in [-0.25, -0.2) is 0 Å². The van der Waals surface area contributed by atoms with Gasteiger partial charge >= 0.3 is 0 Å². The molecular formula is C12H18N4O2S2. The van der Waals surface area contributed by atoms with Crippen molar-refractivity contribution < 1.29 is 9.59 Å². The molecule has 0 aliphatic carbocycles. The molecule has 1 N–H and O–H groups in total. The van der Waals surface area contributed by atoms with Gasteiger partial charge in [-0.2, -0.15) is 0 Å². The summed E-state index contributed by atoms with van der Waals surface area (Å²) in [5, 5.41) is 11.3. The fourth-order valence-electron chi connectivity index (χ4n) is 2.13. The zero-order chi connectivity index (χ0) is 14.5. The summed E-state index contributed by atoms with van der Waals surface area (Å²) in [4.78, 5) is 25.3. The van der Waals surface area contributed by atoms with Crippen molar-refractivity contribution in [1.29, 1.82) is 0 Å². The summed E-state index contributed by atoms with van der Waals surface area (Å²) in [6.07, 6.45) is 1.68. The Morgan fingerprint density at radius 2 is 2.30 bits per heavy atom. The van der Waals surface area contributed by atoms with Crippen molar-refractivity contribution in [3.05, 3.63) is 0 Å². The molecule has 1 saturated heterocycles. The average Bonchev–Trinajstić information content (AvgIpc) is 2.86. The Hall–Kier alpha value is -1.15. The number of carbonyl (C=O) groups excluding carboxylic acids is 2. The molecule has 1 aliphatic rings. The van der Waals surface area contributed by atoms with Crippen LogP contribution in [0.25, 0.3) is 0 Å². The van der Waals surface area contributed by atoms with Gasteiger partial charge in [0.15, 0.2) is 4.34 Å². The number of nitrogens with zero attached hydrogens (tertiary/aromatic N) is 3. The molecule has 1 fully saturated rings. The monoisotopic (exact) mass is 314 g/mol. The van der Waals surface area contributed by atoms with Crippen molar-refractivity contribution in [2.24, 2.45) is 5.92 Å². The van der Waals surface area contributed by atoms with Crippen molar-refractivity contribution in [3.63, 3.8) is 0 Å². The summed E-state index contributed by atoms with van der Waals surface area (Å²) in [5.74, 6) is 0.734. The van der Waals surface area contributed by atoms with Gasteiger partial charge in [0.1, 0.15) is 0 Å². The van der Waals surface area contributed by atoms with Gasteiger partial charge in [-0.15, -0.1) is 10.2 Å². The lowest BCUT2D eigenvalue weighted by Crippen LogP contribution is -2.42. The zero-order valence-corrected chi connectivity index (χ0v) is 13.2. The number of nitrogens with one attached hydrogen (secondary N) is 1. The number of amides is 2. The third-order valence-corrected chi connectivity index (χ3v) is 5.00. The number of aromatic nitrogens is 2. The molecule has 1 aromatic rings. The van der Waals surface area contributed by atoms with Crippen molar-refractivity contribution >= 4 is 40.0 Å². The molecule has 0 spiro atoms. The number of likely N-dealkylation sites (tertiary alicyclic amines) is 1. The van der Waals surface area contributed by atoms with Crippen LogP contribution in [0, 0.1) is 5.92 Å². The highest BCUT2D eigenvalue weighted by atomic mass is 32.2. The van der Waals surface area contributed by atoms with E-state index in [-0.39, 0.29) is 17.7 Å². The highest BCUT2D eigenvalue weighted by Gasteiger charge is 2.27. The fourth-order valence-corrected chi connectivity index (χ4v) is 3.78. The van der Waals surface area contributed by atoms with Crippen LogP contribution in [0.15, 0.2) is 4.34 Å². The number of carbonyl (C=O) groups is 2. The van der Waals surface area contributed by atoms with Crippen molar-refractivity contribution in [3.8, 4) is 0 Å². The second-order valence-electron chi connectivity index (χ2n) is 4.60. The number of hydrogen-bond acceptors (Lipinski definition) is 6. The van der Waals surface area contributed by atoms with Crippen molar-refractivity contribution in [2.75, 3.05) is 24.2 Å². The maximum atomic E-state index is 12.2. The molecule has 2 heterocycles. The second kappa shape index (κ2) is 7.03. The van der Waals surface area contributed by atoms with Crippen molar-refractivity contribution in [1.82, 2.24) is 15.1 Å². The van der Waals surface area contributed by atoms with Gasteiger partial charge in [0, 0.05) is 20.0 Å². The van der Waals surface area contributed by atoms with Gasteiger partial charge in [0.05, 0.1) is 5.92 Å². The molecular weight excluding hydrogens is 296 g/mol. The summed E-state index contributed by atoms with van der Waals surface area (Å²) >= 11 is 2.99. The number of thioether (sulfide) groups is 1. The van der Waals surface area contributed by atoms with E-state index in [2.05, 4.69) is 15.5 Å². The van der Waals surface area contributed by atoms with E-state index >= 15 is 0 Å². The van der Waals surface area contributed by atoms with Crippen LogP contribution in [-0.2, 0) is 9.59 Å². The fraction of sp³-hybridized carbons (Fsp3) is 0.667. The maximum Gasteiger partial charge on any atom is 0.231 e. The first-order valence-electron chi connectivity index (χ1n) is 6.62. The first kappa shape index (κ1) is 15.2. The lowest BCUT2D eigenvalue weighted by atomic mass is 9.97. The van der Waals surface area contributed by atoms with E-state index in [1.807, 2.05) is 6.92 Å². The first-order valence-corrected chi connectivity index (χ1v) is 8.43. The van der Waals surface area contributed by atoms with Crippen LogP contribution in [0.1, 0.15) is 26.7 Å². The van der Waals surface area contributed by atoms with Crippen LogP contribution in [0.4, 0.5) is 5.13 Å². The minimum absolute atomic E-state index is 0.0278. The molecule has 0 radical (unpaired) electrons. The van der Waals surface area contributed by atoms with Gasteiger partial charge in [-0.1, -0.05) is 30.0 Å². The van der Waals surface area contributed by atoms with E-state index in [1.165, 1.54) is 11.3 Å². The van der Waals surface area contributed by atoms with Gasteiger partial charge in [0.2, 0.25) is 16.9 Å². The van der Waals surface area contributed by atoms with Crippen LogP contribution < -0.4 is 5.32 Å². The van der Waals surface area contributed by atoms with E-state index in [0.29, 0.717) is 11.7 Å². The largest absolute Gasteiger partial charge is 0.342 e. The summed E-state index contributed by atoms with van der Waals surface area (Å²) in [7, 11) is 0. The Kier molecular flexibility index (Phi) is 5.36. The second-order valence-corrected chi connectivity index (χ2v) is 7.09. The van der Waals surface area contributed by atoms with Gasteiger partial charge in [0.25, 0.3) is 0 Å². The first-order chi connectivity index (χ1) is 9.60. The van der Waals surface area contributed by atoms with Crippen LogP contribution >= 0.6 is 23.1 Å². The Morgan fingerprint density at radius 3 is 3.00 bits per heavy atom. The molecule has 1 aromatic heterocycles. The lowest BCUT2D eigenvalue weighted by molar-refractivity contribution is -0.132. The average molecular weight is 314 g/mol. The molecule has 0 saturated carbocycles. The van der Waals surface area contributed by atoms with Gasteiger partial charge < -0.3 is 10.2 Å². The standard InChI is InChI=1S/C12H18N4O2S2/c1-3-19-12-15-14-11(20-12)13-10(18)9-5-4-6-16(7-9)8(2)17/h9H,3-7H2,1-2H3,(H,13,14,18)/t9-/m0/s1. The summed E-state index contributed by atoms with van der Waals surface area (Å²) in [5.41, 5.74) is 0. The number of rotatable bonds is 4. The van der Waals surface area contributed by atoms with Gasteiger partial charge in [-0.05, 0) is 18.6 Å². The number of piperidine rings is 1. The Labute approximate surface area is 126 Å². The lowest BCUT2D eigenvalue weighted by Gasteiger charge is -2.30. The van der Waals surface area contributed by atoms with Crippen LogP contribution in [0.3, 0.4) is 0 Å². The Morgan fingerprint density at radius 1 is 1.50 bits per heavy atom. The smallest absolute Gasteiger partial charge is 0.231 e. The quantitative estimate of drug-likeness (QED) is 0.678. The van der Waals surface area contributed by atoms with Crippen molar-refractivity contribution in [2.45, 2.75) is 31.0 Å². The van der Waals surface area contributed by atoms with Crippen LogP contribution in [0.2, 0.25) is 0 Å². The zero-order valence-electron chi connectivity index (χ0n) is 11.6. The topological polar surface area (TPSA) is 75.2 Å². The SMILES string of the molecule is CCSc1nnc(NC(=O)[C@H]2CCCN(C(C)=O)C2)s1. The summed E-state index contributed by atoms with van der Waals surface area (Å²) in [6.45, 7) is 4.83. The third kappa shape index (κ3) is 3.92. The molecule has 110 valence electrons. The molecule has 0 unspecified atom stereocenters. The minimum Gasteiger partial charge on any atom is -0.342 e. The minimum atomic E-state index is -0.154. The highest BCUT2D eigenvalue weighted by Crippen LogP contribution is 2.26. The molecule has 6 nitrogen and oxygen atoms in total. The summed E-state index contributed by atoms with van der Waals surface area (Å²) in [6, 6.07) is 0. The molecule has 8 heteroatoms. The molecule has 0 bridgehead atoms. The number of hydrogen-bond donors (Lipinski definition) is 1. The third-order valence-electron chi connectivity index (χ3n) is 3.14. The Bertz CT molecular complexity index is 492. The van der Waals surface area contributed by atoms with E-state index in [1.54, 1.807) is 23.6 Å². The maximum absolute atomic E-state index is 12.2. The number of anilines is 1. The predicted molar refractivity (Wildman–Crippen MR) is 79.9 cm³/mol. The van der Waals surface area contributed by atoms with Crippen LogP contribution in [-0.4, -0.2) is 45.8 Å². The Balaban J connectivity index is 1.91. The summed E-state index contributed by atoms with van der Waals surface area (Å²) < 4.78 is 0.858. The molecule has 1 aliphatic heterocycles. The predicted octanol–water partition coefficient (Wildman–Crippen LogP) is 1.85. The van der Waals surface area contributed by atoms with E-state index in [0.717, 1.165) is 29.5 Å². The highest BCUT2D eigenvalue weighted by molar-refractivity contribution is 8.01. The molecule has 1 atom stereocenters. The van der Waals surface area contributed by atoms with Gasteiger partial charge in [-0.3, -0.25) is 9.59 Å². The van der Waals surface area contributed by atoms with Crippen LogP contribution in [0.5, 0.6) is 0 Å². The normalized spacial score (nSPS) is 18.9. The van der Waals surface area contributed by atoms with E-state index in [4.69, 9.17) is 0 Å². The van der Waals surface area contributed by atoms with E-state index in [9.17, 15) is 9.59 Å².